The molecular weight excluding hydrogens is 244 g/mol. The first-order valence-corrected chi connectivity index (χ1v) is 7.30. The van der Waals surface area contributed by atoms with E-state index in [0.717, 1.165) is 25.7 Å². The van der Waals surface area contributed by atoms with E-state index in [1.165, 1.54) is 0 Å². The summed E-state index contributed by atoms with van der Waals surface area (Å²) in [7, 11) is 0. The van der Waals surface area contributed by atoms with E-state index >= 15 is 0 Å². The third-order valence-electron chi connectivity index (χ3n) is 4.68. The predicted octanol–water partition coefficient (Wildman–Crippen LogP) is 1.09. The van der Waals surface area contributed by atoms with Crippen molar-refractivity contribution in [3.05, 3.63) is 0 Å². The van der Waals surface area contributed by atoms with E-state index < -0.39 is 12.0 Å². The van der Waals surface area contributed by atoms with Crippen LogP contribution in [0.1, 0.15) is 39.5 Å². The molecule has 1 saturated carbocycles. The van der Waals surface area contributed by atoms with Crippen LogP contribution >= 0.6 is 0 Å². The van der Waals surface area contributed by atoms with Crippen LogP contribution in [0.15, 0.2) is 0 Å². The molecule has 4 atom stereocenters. The number of carbonyl (C=O) groups is 2. The number of nitrogens with one attached hydrogen (secondary N) is 1. The second kappa shape index (κ2) is 5.90. The second-order valence-corrected chi connectivity index (χ2v) is 5.87. The highest BCUT2D eigenvalue weighted by molar-refractivity contribution is 5.85. The van der Waals surface area contributed by atoms with Gasteiger partial charge in [-0.3, -0.25) is 4.79 Å². The number of nitrogens with zero attached hydrogens (tertiary/aromatic N) is 1. The lowest BCUT2D eigenvalue weighted by molar-refractivity contribution is -0.149. The molecule has 0 spiro atoms. The fourth-order valence-corrected chi connectivity index (χ4v) is 3.39. The van der Waals surface area contributed by atoms with Gasteiger partial charge in [-0.25, -0.2) is 4.79 Å². The van der Waals surface area contributed by atoms with Crippen molar-refractivity contribution < 1.29 is 14.7 Å². The fraction of sp³-hybridized carbons (Fsp3) is 0.857. The summed E-state index contributed by atoms with van der Waals surface area (Å²) in [6.07, 6.45) is 4.08. The van der Waals surface area contributed by atoms with E-state index in [-0.39, 0.29) is 24.4 Å². The molecule has 108 valence electrons. The van der Waals surface area contributed by atoms with Crippen molar-refractivity contribution in [2.75, 3.05) is 13.1 Å². The van der Waals surface area contributed by atoms with E-state index in [0.29, 0.717) is 12.5 Å². The maximum atomic E-state index is 12.2. The standard InChI is InChI=1S/C14H24N2O3/c1-3-9(2)15-7-12(17)16-8-10-5-4-6-11(10)13(16)14(18)19/h9-11,13,15H,3-8H2,1-2H3,(H,18,19). The van der Waals surface area contributed by atoms with E-state index in [4.69, 9.17) is 0 Å². The first kappa shape index (κ1) is 14.3. The van der Waals surface area contributed by atoms with Crippen LogP contribution in [0, 0.1) is 11.8 Å². The largest absolute Gasteiger partial charge is 0.480 e. The van der Waals surface area contributed by atoms with Crippen molar-refractivity contribution in [3.63, 3.8) is 0 Å². The molecule has 5 nitrogen and oxygen atoms in total. The quantitative estimate of drug-likeness (QED) is 0.783. The Bertz CT molecular complexity index is 359. The maximum Gasteiger partial charge on any atom is 0.326 e. The molecule has 2 aliphatic rings. The van der Waals surface area contributed by atoms with E-state index in [2.05, 4.69) is 12.2 Å². The number of carboxylic acid groups (broad SMARTS) is 1. The highest BCUT2D eigenvalue weighted by atomic mass is 16.4. The summed E-state index contributed by atoms with van der Waals surface area (Å²) in [4.78, 5) is 25.2. The average Bonchev–Trinajstić information content (AvgIpc) is 2.94. The lowest BCUT2D eigenvalue weighted by atomic mass is 9.94. The third kappa shape index (κ3) is 2.91. The Morgan fingerprint density at radius 2 is 2.16 bits per heavy atom. The molecule has 2 N–H and O–H groups in total. The predicted molar refractivity (Wildman–Crippen MR) is 71.7 cm³/mol. The summed E-state index contributed by atoms with van der Waals surface area (Å²) in [5, 5.41) is 12.5. The van der Waals surface area contributed by atoms with Crippen LogP contribution in [0.3, 0.4) is 0 Å². The molecule has 0 aromatic carbocycles. The molecule has 2 rings (SSSR count). The van der Waals surface area contributed by atoms with Gasteiger partial charge in [0.25, 0.3) is 0 Å². The van der Waals surface area contributed by atoms with Gasteiger partial charge in [-0.05, 0) is 38.0 Å². The zero-order valence-electron chi connectivity index (χ0n) is 11.8. The van der Waals surface area contributed by atoms with Gasteiger partial charge < -0.3 is 15.3 Å². The SMILES string of the molecule is CCC(C)NCC(=O)N1CC2CCCC2C1C(=O)O. The number of aliphatic carboxylic acids is 1. The van der Waals surface area contributed by atoms with Crippen LogP contribution in [0.4, 0.5) is 0 Å². The molecule has 1 saturated heterocycles. The fourth-order valence-electron chi connectivity index (χ4n) is 3.39. The lowest BCUT2D eigenvalue weighted by Crippen LogP contribution is -2.47. The maximum absolute atomic E-state index is 12.2. The molecule has 1 aliphatic carbocycles. The van der Waals surface area contributed by atoms with Gasteiger partial charge in [0.05, 0.1) is 6.54 Å². The van der Waals surface area contributed by atoms with Gasteiger partial charge in [0.2, 0.25) is 5.91 Å². The minimum atomic E-state index is -0.841. The Morgan fingerprint density at radius 3 is 2.79 bits per heavy atom. The van der Waals surface area contributed by atoms with Crippen molar-refractivity contribution >= 4 is 11.9 Å². The molecule has 4 unspecified atom stereocenters. The number of carboxylic acids is 1. The Hall–Kier alpha value is -1.10. The molecule has 19 heavy (non-hydrogen) atoms. The van der Waals surface area contributed by atoms with Crippen LogP contribution in [0.5, 0.6) is 0 Å². The van der Waals surface area contributed by atoms with Gasteiger partial charge in [-0.15, -0.1) is 0 Å². The molecule has 0 aromatic heterocycles. The summed E-state index contributed by atoms with van der Waals surface area (Å²) in [5.41, 5.74) is 0. The number of amides is 1. The smallest absolute Gasteiger partial charge is 0.326 e. The van der Waals surface area contributed by atoms with Gasteiger partial charge in [-0.2, -0.15) is 0 Å². The van der Waals surface area contributed by atoms with E-state index in [1.54, 1.807) is 4.90 Å². The van der Waals surface area contributed by atoms with Crippen molar-refractivity contribution in [1.29, 1.82) is 0 Å². The van der Waals surface area contributed by atoms with Crippen molar-refractivity contribution in [2.45, 2.75) is 51.6 Å². The molecule has 2 fully saturated rings. The number of fused-ring (bicyclic) bond motifs is 1. The normalized spacial score (nSPS) is 31.3. The van der Waals surface area contributed by atoms with Gasteiger partial charge in [0.1, 0.15) is 6.04 Å². The van der Waals surface area contributed by atoms with Crippen molar-refractivity contribution in [2.24, 2.45) is 11.8 Å². The Balaban J connectivity index is 1.98. The number of likely N-dealkylation sites (tertiary alicyclic amines) is 1. The number of rotatable bonds is 5. The van der Waals surface area contributed by atoms with Crippen molar-refractivity contribution in [3.8, 4) is 0 Å². The molecule has 0 radical (unpaired) electrons. The number of carbonyl (C=O) groups excluding carboxylic acids is 1. The third-order valence-corrected chi connectivity index (χ3v) is 4.68. The first-order chi connectivity index (χ1) is 9.04. The van der Waals surface area contributed by atoms with Crippen LogP contribution in [-0.4, -0.2) is 47.1 Å². The molecule has 1 aliphatic heterocycles. The van der Waals surface area contributed by atoms with Crippen LogP contribution < -0.4 is 5.32 Å². The van der Waals surface area contributed by atoms with Gasteiger partial charge in [0, 0.05) is 12.6 Å². The number of hydrogen-bond donors (Lipinski definition) is 2. The lowest BCUT2D eigenvalue weighted by Gasteiger charge is -2.25. The summed E-state index contributed by atoms with van der Waals surface area (Å²) in [6, 6.07) is -0.312. The molecular formula is C14H24N2O3. The molecule has 0 bridgehead atoms. The second-order valence-electron chi connectivity index (χ2n) is 5.87. The topological polar surface area (TPSA) is 69.6 Å². The summed E-state index contributed by atoms with van der Waals surface area (Å²) in [5.74, 6) is -0.341. The minimum Gasteiger partial charge on any atom is -0.480 e. The van der Waals surface area contributed by atoms with Gasteiger partial charge in [0.15, 0.2) is 0 Å². The Labute approximate surface area is 114 Å². The summed E-state index contributed by atoms with van der Waals surface area (Å²) < 4.78 is 0. The molecule has 5 heteroatoms. The molecule has 1 heterocycles. The summed E-state index contributed by atoms with van der Waals surface area (Å²) >= 11 is 0. The molecule has 0 aromatic rings. The van der Waals surface area contributed by atoms with Crippen molar-refractivity contribution in [1.82, 2.24) is 10.2 Å². The first-order valence-electron chi connectivity index (χ1n) is 7.30. The zero-order valence-corrected chi connectivity index (χ0v) is 11.8. The van der Waals surface area contributed by atoms with Crippen LogP contribution in [0.2, 0.25) is 0 Å². The Kier molecular flexibility index (Phi) is 4.45. The van der Waals surface area contributed by atoms with Crippen LogP contribution in [0.25, 0.3) is 0 Å². The van der Waals surface area contributed by atoms with Gasteiger partial charge >= 0.3 is 5.97 Å². The highest BCUT2D eigenvalue weighted by Crippen LogP contribution is 2.42. The average molecular weight is 268 g/mol. The highest BCUT2D eigenvalue weighted by Gasteiger charge is 2.49. The van der Waals surface area contributed by atoms with Crippen LogP contribution in [-0.2, 0) is 9.59 Å². The molecule has 1 amide bonds. The zero-order chi connectivity index (χ0) is 14.0. The number of hydrogen-bond acceptors (Lipinski definition) is 3. The monoisotopic (exact) mass is 268 g/mol. The van der Waals surface area contributed by atoms with E-state index in [1.807, 2.05) is 6.92 Å². The van der Waals surface area contributed by atoms with E-state index in [9.17, 15) is 14.7 Å². The minimum absolute atomic E-state index is 0.0675. The Morgan fingerprint density at radius 1 is 1.42 bits per heavy atom. The summed E-state index contributed by atoms with van der Waals surface area (Å²) in [6.45, 7) is 4.96. The van der Waals surface area contributed by atoms with Gasteiger partial charge in [-0.1, -0.05) is 13.3 Å².